The Balaban J connectivity index is 1.37. The summed E-state index contributed by atoms with van der Waals surface area (Å²) >= 11 is 0. The average molecular weight is 499 g/mol. The number of methoxy groups -OCH3 is 1. The van der Waals surface area contributed by atoms with Gasteiger partial charge in [-0.2, -0.15) is 4.98 Å². The van der Waals surface area contributed by atoms with Crippen molar-refractivity contribution in [2.45, 2.75) is 6.92 Å². The summed E-state index contributed by atoms with van der Waals surface area (Å²) in [5, 5.41) is 6.00. The number of hydrogen-bond acceptors (Lipinski definition) is 9. The molecule has 37 heavy (non-hydrogen) atoms. The van der Waals surface area contributed by atoms with Gasteiger partial charge in [-0.3, -0.25) is 9.59 Å². The number of carbonyl (C=O) groups is 2. The zero-order valence-corrected chi connectivity index (χ0v) is 20.5. The third kappa shape index (κ3) is 4.37. The molecule has 0 bridgehead atoms. The number of ether oxygens (including phenoxy) is 1. The van der Waals surface area contributed by atoms with Gasteiger partial charge in [-0.25, -0.2) is 4.98 Å². The van der Waals surface area contributed by atoms with Gasteiger partial charge in [0, 0.05) is 48.9 Å². The molecule has 0 unspecified atom stereocenters. The van der Waals surface area contributed by atoms with Crippen molar-refractivity contribution in [1.82, 2.24) is 20.0 Å². The number of nitrogens with zero attached hydrogens (tertiary/aromatic N) is 5. The number of rotatable bonds is 6. The van der Waals surface area contributed by atoms with Crippen molar-refractivity contribution < 1.29 is 18.8 Å². The number of pyridine rings is 1. The Hall–Kier alpha value is -4.73. The fraction of sp³-hybridized carbons (Fsp3) is 0.222. The van der Waals surface area contributed by atoms with Crippen LogP contribution >= 0.6 is 0 Å². The zero-order valence-electron chi connectivity index (χ0n) is 20.5. The fourth-order valence-corrected chi connectivity index (χ4v) is 4.66. The molecule has 5 rings (SSSR count). The molecular weight excluding hydrogens is 472 g/mol. The van der Waals surface area contributed by atoms with E-state index in [4.69, 9.17) is 15.0 Å². The van der Waals surface area contributed by atoms with Crippen LogP contribution in [0.3, 0.4) is 0 Å². The molecule has 0 radical (unpaired) electrons. The Bertz CT molecular complexity index is 1490. The molecule has 1 amide bonds. The van der Waals surface area contributed by atoms with Gasteiger partial charge in [0.25, 0.3) is 11.7 Å². The summed E-state index contributed by atoms with van der Waals surface area (Å²) in [6.07, 6.45) is 4.56. The van der Waals surface area contributed by atoms with E-state index < -0.39 is 11.7 Å². The number of carbonyl (C=O) groups excluding carboxylic acids is 2. The average Bonchev–Trinajstić information content (AvgIpc) is 3.48. The summed E-state index contributed by atoms with van der Waals surface area (Å²) in [5.41, 5.74) is 7.61. The number of ketones is 1. The van der Waals surface area contributed by atoms with Crippen LogP contribution in [0.15, 0.2) is 65.7 Å². The highest BCUT2D eigenvalue weighted by Crippen LogP contribution is 2.38. The molecule has 2 aromatic carbocycles. The maximum absolute atomic E-state index is 13.5. The Morgan fingerprint density at radius 2 is 1.84 bits per heavy atom. The van der Waals surface area contributed by atoms with Crippen molar-refractivity contribution in [2.75, 3.05) is 43.9 Å². The van der Waals surface area contributed by atoms with Crippen molar-refractivity contribution in [3.63, 3.8) is 0 Å². The van der Waals surface area contributed by atoms with Gasteiger partial charge in [-0.05, 0) is 30.5 Å². The Kier molecular flexibility index (Phi) is 6.55. The van der Waals surface area contributed by atoms with Crippen LogP contribution in [0.1, 0.15) is 12.5 Å². The van der Waals surface area contributed by atoms with Gasteiger partial charge in [-0.1, -0.05) is 35.5 Å². The summed E-state index contributed by atoms with van der Waals surface area (Å²) in [6.45, 7) is 3.59. The molecule has 2 aromatic heterocycles. The normalized spacial score (nSPS) is 14.2. The summed E-state index contributed by atoms with van der Waals surface area (Å²) in [5.74, 6) is 0.264. The molecule has 1 aliphatic rings. The van der Waals surface area contributed by atoms with Crippen LogP contribution in [0, 0.1) is 0 Å². The molecule has 0 aliphatic carbocycles. The lowest BCUT2D eigenvalue weighted by molar-refractivity contribution is -0.142. The van der Waals surface area contributed by atoms with Crippen LogP contribution in [0.5, 0.6) is 5.75 Å². The molecular formula is C27H26N6O4. The lowest BCUT2D eigenvalue weighted by Gasteiger charge is -2.35. The highest BCUT2D eigenvalue weighted by molar-refractivity contribution is 6.53. The quantitative estimate of drug-likeness (QED) is 0.242. The number of nitrogens with two attached hydrogens (primary N) is 1. The number of aromatic nitrogens is 3. The van der Waals surface area contributed by atoms with Crippen LogP contribution in [-0.4, -0.2) is 65.0 Å². The van der Waals surface area contributed by atoms with Gasteiger partial charge in [0.05, 0.1) is 18.4 Å². The van der Waals surface area contributed by atoms with Crippen LogP contribution in [0.25, 0.3) is 27.7 Å². The van der Waals surface area contributed by atoms with Gasteiger partial charge in [0.2, 0.25) is 12.2 Å². The third-order valence-electron chi connectivity index (χ3n) is 6.55. The van der Waals surface area contributed by atoms with Crippen LogP contribution in [0.4, 0.5) is 11.5 Å². The van der Waals surface area contributed by atoms with Crippen LogP contribution < -0.4 is 15.4 Å². The van der Waals surface area contributed by atoms with Crippen molar-refractivity contribution in [1.29, 1.82) is 0 Å². The van der Waals surface area contributed by atoms with Crippen molar-refractivity contribution in [3.05, 3.63) is 66.7 Å². The Labute approximate surface area is 213 Å². The zero-order chi connectivity index (χ0) is 25.9. The molecule has 0 spiro atoms. The van der Waals surface area contributed by atoms with E-state index in [1.54, 1.807) is 36.2 Å². The maximum Gasteiger partial charge on any atom is 0.295 e. The number of anilines is 2. The maximum atomic E-state index is 13.5. The van der Waals surface area contributed by atoms with E-state index in [1.165, 1.54) is 13.5 Å². The third-order valence-corrected chi connectivity index (χ3v) is 6.55. The van der Waals surface area contributed by atoms with Gasteiger partial charge in [0.15, 0.2) is 0 Å². The minimum Gasteiger partial charge on any atom is -0.496 e. The van der Waals surface area contributed by atoms with E-state index in [9.17, 15) is 9.59 Å². The van der Waals surface area contributed by atoms with Gasteiger partial charge < -0.3 is 24.8 Å². The molecule has 1 aliphatic heterocycles. The van der Waals surface area contributed by atoms with E-state index in [1.807, 2.05) is 30.3 Å². The number of piperazine rings is 1. The number of nitrogen functional groups attached to an aromatic ring is 1. The predicted octanol–water partition coefficient (Wildman–Crippen LogP) is 3.20. The second-order valence-electron chi connectivity index (χ2n) is 8.53. The second-order valence-corrected chi connectivity index (χ2v) is 8.53. The predicted molar refractivity (Wildman–Crippen MR) is 140 cm³/mol. The van der Waals surface area contributed by atoms with Crippen LogP contribution in [-0.2, 0) is 9.59 Å². The van der Waals surface area contributed by atoms with Gasteiger partial charge in [-0.15, -0.1) is 0 Å². The highest BCUT2D eigenvalue weighted by atomic mass is 16.5. The topological polar surface area (TPSA) is 128 Å². The number of Topliss-reactive ketones (excluding diaryl/α,β-unsaturated/α-hetero) is 1. The lowest BCUT2D eigenvalue weighted by Crippen LogP contribution is -2.51. The molecule has 3 heterocycles. The molecule has 188 valence electrons. The van der Waals surface area contributed by atoms with Crippen molar-refractivity contribution >= 4 is 39.5 Å². The first-order valence-corrected chi connectivity index (χ1v) is 11.9. The SMILES string of the molecule is C/C=C(/C(=O)C(=O)N1CCN(c2nccc3ccccc23)CC1)c1c(OC)ccc(-c2ncon2)c1N. The van der Waals surface area contributed by atoms with Crippen molar-refractivity contribution in [2.24, 2.45) is 0 Å². The molecule has 4 aromatic rings. The minimum atomic E-state index is -0.658. The Morgan fingerprint density at radius 3 is 2.54 bits per heavy atom. The molecule has 1 fully saturated rings. The number of hydrogen-bond donors (Lipinski definition) is 1. The summed E-state index contributed by atoms with van der Waals surface area (Å²) in [6, 6.07) is 13.4. The molecule has 0 atom stereocenters. The highest BCUT2D eigenvalue weighted by Gasteiger charge is 2.31. The van der Waals surface area contributed by atoms with E-state index in [0.29, 0.717) is 43.1 Å². The van der Waals surface area contributed by atoms with Crippen LogP contribution in [0.2, 0.25) is 0 Å². The van der Waals surface area contributed by atoms with Gasteiger partial charge in [0.1, 0.15) is 11.6 Å². The second kappa shape index (κ2) is 10.1. The lowest BCUT2D eigenvalue weighted by atomic mass is 9.94. The van der Waals surface area contributed by atoms with E-state index in [0.717, 1.165) is 16.6 Å². The first-order valence-electron chi connectivity index (χ1n) is 11.9. The van der Waals surface area contributed by atoms with E-state index >= 15 is 0 Å². The number of allylic oxidation sites excluding steroid dienone is 1. The van der Waals surface area contributed by atoms with Crippen molar-refractivity contribution in [3.8, 4) is 17.1 Å². The number of benzene rings is 2. The molecule has 10 heteroatoms. The summed E-state index contributed by atoms with van der Waals surface area (Å²) < 4.78 is 10.3. The van der Waals surface area contributed by atoms with E-state index in [2.05, 4.69) is 20.0 Å². The number of fused-ring (bicyclic) bond motifs is 1. The smallest absolute Gasteiger partial charge is 0.295 e. The molecule has 10 nitrogen and oxygen atoms in total. The first-order chi connectivity index (χ1) is 18.0. The molecule has 2 N–H and O–H groups in total. The molecule has 1 saturated heterocycles. The standard InChI is InChI=1S/C27H26N6O4/c1-3-18(22-21(36-2)9-8-20(23(22)28)25-30-16-37-31-25)24(34)27(35)33-14-12-32(13-15-33)26-19-7-5-4-6-17(19)10-11-29-26/h3-11,16H,12-15,28H2,1-2H3/b18-3+. The monoisotopic (exact) mass is 498 g/mol. The number of amides is 1. The minimum absolute atomic E-state index is 0.155. The largest absolute Gasteiger partial charge is 0.496 e. The summed E-state index contributed by atoms with van der Waals surface area (Å²) in [7, 11) is 1.48. The molecule has 0 saturated carbocycles. The van der Waals surface area contributed by atoms with E-state index in [-0.39, 0.29) is 17.1 Å². The first kappa shape index (κ1) is 24.0. The Morgan fingerprint density at radius 1 is 1.05 bits per heavy atom. The van der Waals surface area contributed by atoms with Gasteiger partial charge >= 0.3 is 0 Å². The summed E-state index contributed by atoms with van der Waals surface area (Å²) in [4.78, 5) is 39.1. The fourth-order valence-electron chi connectivity index (χ4n) is 4.66.